The van der Waals surface area contributed by atoms with Crippen LogP contribution >= 0.6 is 0 Å². The molecule has 0 atom stereocenters. The number of likely N-dealkylation sites (N-methyl/N-ethyl adjacent to an activating group) is 1. The quantitative estimate of drug-likeness (QED) is 0.449. The second-order valence-corrected chi connectivity index (χ2v) is 6.89. The first-order valence-electron chi connectivity index (χ1n) is 10.2. The molecule has 2 rings (SSSR count). The van der Waals surface area contributed by atoms with Crippen LogP contribution < -0.4 is 20.1 Å². The molecule has 0 aliphatic heterocycles. The maximum atomic E-state index is 5.82. The third-order valence-corrected chi connectivity index (χ3v) is 4.19. The molecule has 158 valence electrons. The van der Waals surface area contributed by atoms with E-state index >= 15 is 0 Å². The van der Waals surface area contributed by atoms with Gasteiger partial charge in [-0.3, -0.25) is 0 Å². The predicted molar refractivity (Wildman–Crippen MR) is 120 cm³/mol. The molecular formula is C23H34N4O2. The molecule has 0 fully saturated rings. The van der Waals surface area contributed by atoms with Crippen LogP contribution in [-0.4, -0.2) is 51.3 Å². The van der Waals surface area contributed by atoms with Crippen molar-refractivity contribution in [2.75, 3.05) is 40.4 Å². The summed E-state index contributed by atoms with van der Waals surface area (Å²) in [6.07, 6.45) is 0. The first kappa shape index (κ1) is 22.6. The molecule has 0 aliphatic rings. The highest BCUT2D eigenvalue weighted by atomic mass is 16.5. The van der Waals surface area contributed by atoms with Crippen molar-refractivity contribution < 1.29 is 9.47 Å². The maximum Gasteiger partial charge on any atom is 0.191 e. The monoisotopic (exact) mass is 398 g/mol. The fraction of sp³-hybridized carbons (Fsp3) is 0.435. The highest BCUT2D eigenvalue weighted by Crippen LogP contribution is 2.17. The Balaban J connectivity index is 1.97. The molecule has 6 heteroatoms. The number of hydrogen-bond acceptors (Lipinski definition) is 4. The van der Waals surface area contributed by atoms with Gasteiger partial charge in [0.25, 0.3) is 0 Å². The third kappa shape index (κ3) is 8.44. The lowest BCUT2D eigenvalue weighted by Crippen LogP contribution is -2.36. The molecule has 6 nitrogen and oxygen atoms in total. The van der Waals surface area contributed by atoms with Crippen LogP contribution in [0.1, 0.15) is 25.0 Å². The van der Waals surface area contributed by atoms with Gasteiger partial charge < -0.3 is 25.0 Å². The number of rotatable bonds is 11. The van der Waals surface area contributed by atoms with Crippen LogP contribution in [0.15, 0.2) is 53.5 Å². The summed E-state index contributed by atoms with van der Waals surface area (Å²) in [5.41, 5.74) is 2.22. The predicted octanol–water partition coefficient (Wildman–Crippen LogP) is 3.28. The van der Waals surface area contributed by atoms with Gasteiger partial charge in [0, 0.05) is 25.2 Å². The van der Waals surface area contributed by atoms with E-state index in [4.69, 9.17) is 14.5 Å². The fourth-order valence-corrected chi connectivity index (χ4v) is 2.72. The number of nitrogens with zero attached hydrogens (tertiary/aromatic N) is 2. The van der Waals surface area contributed by atoms with Crippen molar-refractivity contribution in [3.8, 4) is 11.5 Å². The summed E-state index contributed by atoms with van der Waals surface area (Å²) in [5, 5.41) is 6.69. The van der Waals surface area contributed by atoms with Gasteiger partial charge in [-0.1, -0.05) is 30.3 Å². The summed E-state index contributed by atoms with van der Waals surface area (Å²) >= 11 is 0. The number of hydrogen-bond donors (Lipinski definition) is 2. The molecule has 0 bridgehead atoms. The Morgan fingerprint density at radius 2 is 1.83 bits per heavy atom. The van der Waals surface area contributed by atoms with Gasteiger partial charge in [-0.05, 0) is 51.7 Å². The molecule has 2 aromatic carbocycles. The Labute approximate surface area is 174 Å². The van der Waals surface area contributed by atoms with Crippen molar-refractivity contribution in [2.24, 2.45) is 4.99 Å². The van der Waals surface area contributed by atoms with E-state index in [0.717, 1.165) is 41.7 Å². The van der Waals surface area contributed by atoms with Gasteiger partial charge in [0.2, 0.25) is 0 Å². The average molecular weight is 399 g/mol. The van der Waals surface area contributed by atoms with Gasteiger partial charge in [0.05, 0.1) is 13.2 Å². The number of para-hydroxylation sites is 1. The number of aliphatic imine (C=N–C) groups is 1. The SMILES string of the molecule is CCNC(=NCc1cccc(OCCN(C)C)c1)NCc1ccccc1OCC. The smallest absolute Gasteiger partial charge is 0.191 e. The number of benzene rings is 2. The molecule has 0 amide bonds. The van der Waals surface area contributed by atoms with Crippen LogP contribution in [0.25, 0.3) is 0 Å². The summed E-state index contributed by atoms with van der Waals surface area (Å²) in [4.78, 5) is 6.82. The zero-order chi connectivity index (χ0) is 20.9. The van der Waals surface area contributed by atoms with Crippen molar-refractivity contribution in [2.45, 2.75) is 26.9 Å². The lowest BCUT2D eigenvalue weighted by Gasteiger charge is -2.14. The summed E-state index contributed by atoms with van der Waals surface area (Å²) in [5.74, 6) is 2.56. The first-order valence-corrected chi connectivity index (χ1v) is 10.2. The second kappa shape index (κ2) is 12.7. The Kier molecular flexibility index (Phi) is 9.86. The van der Waals surface area contributed by atoms with Crippen molar-refractivity contribution >= 4 is 5.96 Å². The average Bonchev–Trinajstić information content (AvgIpc) is 2.71. The van der Waals surface area contributed by atoms with Crippen LogP contribution in [0.5, 0.6) is 11.5 Å². The fourth-order valence-electron chi connectivity index (χ4n) is 2.72. The van der Waals surface area contributed by atoms with Crippen LogP contribution in [0.4, 0.5) is 0 Å². The van der Waals surface area contributed by atoms with Crippen molar-refractivity contribution in [3.63, 3.8) is 0 Å². The molecule has 2 N–H and O–H groups in total. The van der Waals surface area contributed by atoms with E-state index in [9.17, 15) is 0 Å². The Hall–Kier alpha value is -2.73. The van der Waals surface area contributed by atoms with Crippen molar-refractivity contribution in [1.82, 2.24) is 15.5 Å². The topological polar surface area (TPSA) is 58.1 Å². The lowest BCUT2D eigenvalue weighted by molar-refractivity contribution is 0.261. The Morgan fingerprint density at radius 1 is 1.00 bits per heavy atom. The zero-order valence-electron chi connectivity index (χ0n) is 18.1. The number of ether oxygens (including phenoxy) is 2. The molecule has 0 unspecified atom stereocenters. The summed E-state index contributed by atoms with van der Waals surface area (Å²) in [6, 6.07) is 16.2. The number of guanidine groups is 1. The number of nitrogens with one attached hydrogen (secondary N) is 2. The molecule has 2 aromatic rings. The summed E-state index contributed by atoms with van der Waals surface area (Å²) < 4.78 is 11.5. The Bertz CT molecular complexity index is 762. The minimum Gasteiger partial charge on any atom is -0.494 e. The van der Waals surface area contributed by atoms with Gasteiger partial charge in [-0.2, -0.15) is 0 Å². The first-order chi connectivity index (χ1) is 14.1. The van der Waals surface area contributed by atoms with E-state index in [2.05, 4.69) is 34.6 Å². The van der Waals surface area contributed by atoms with Gasteiger partial charge in [-0.15, -0.1) is 0 Å². The molecule has 0 radical (unpaired) electrons. The highest BCUT2D eigenvalue weighted by Gasteiger charge is 2.04. The molecule has 0 heterocycles. The van der Waals surface area contributed by atoms with Gasteiger partial charge in [0.1, 0.15) is 18.1 Å². The molecule has 0 aromatic heterocycles. The van der Waals surface area contributed by atoms with Crippen LogP contribution in [0.3, 0.4) is 0 Å². The van der Waals surface area contributed by atoms with E-state index in [-0.39, 0.29) is 0 Å². The van der Waals surface area contributed by atoms with Crippen LogP contribution in [0, 0.1) is 0 Å². The molecule has 0 saturated carbocycles. The summed E-state index contributed by atoms with van der Waals surface area (Å²) in [6.45, 7) is 8.29. The highest BCUT2D eigenvalue weighted by molar-refractivity contribution is 5.79. The van der Waals surface area contributed by atoms with E-state index in [0.29, 0.717) is 26.3 Å². The zero-order valence-corrected chi connectivity index (χ0v) is 18.1. The normalized spacial score (nSPS) is 11.4. The minimum atomic E-state index is 0.577. The molecule has 0 spiro atoms. The molecule has 0 aliphatic carbocycles. The maximum absolute atomic E-state index is 5.82. The third-order valence-electron chi connectivity index (χ3n) is 4.19. The summed E-state index contributed by atoms with van der Waals surface area (Å²) in [7, 11) is 4.08. The van der Waals surface area contributed by atoms with Gasteiger partial charge in [0.15, 0.2) is 5.96 Å². The van der Waals surface area contributed by atoms with Crippen LogP contribution in [-0.2, 0) is 13.1 Å². The van der Waals surface area contributed by atoms with E-state index < -0.39 is 0 Å². The largest absolute Gasteiger partial charge is 0.494 e. The lowest BCUT2D eigenvalue weighted by atomic mass is 10.2. The van der Waals surface area contributed by atoms with E-state index in [1.165, 1.54) is 0 Å². The standard InChI is InChI=1S/C23H34N4O2/c1-5-24-23(26-18-20-11-7-8-13-22(20)28-6-2)25-17-19-10-9-12-21(16-19)29-15-14-27(3)4/h7-13,16H,5-6,14-15,17-18H2,1-4H3,(H2,24,25,26). The van der Waals surface area contributed by atoms with Crippen molar-refractivity contribution in [3.05, 3.63) is 59.7 Å². The minimum absolute atomic E-state index is 0.577. The molecular weight excluding hydrogens is 364 g/mol. The van der Waals surface area contributed by atoms with Crippen LogP contribution in [0.2, 0.25) is 0 Å². The van der Waals surface area contributed by atoms with Crippen molar-refractivity contribution in [1.29, 1.82) is 0 Å². The van der Waals surface area contributed by atoms with Gasteiger partial charge >= 0.3 is 0 Å². The second-order valence-electron chi connectivity index (χ2n) is 6.89. The van der Waals surface area contributed by atoms with E-state index in [1.54, 1.807) is 0 Å². The molecule has 0 saturated heterocycles. The molecule has 29 heavy (non-hydrogen) atoms. The Morgan fingerprint density at radius 3 is 2.59 bits per heavy atom. The van der Waals surface area contributed by atoms with Gasteiger partial charge in [-0.25, -0.2) is 4.99 Å². The van der Waals surface area contributed by atoms with E-state index in [1.807, 2.05) is 57.4 Å².